The van der Waals surface area contributed by atoms with E-state index in [0.29, 0.717) is 6.04 Å². The van der Waals surface area contributed by atoms with Gasteiger partial charge in [-0.1, -0.05) is 30.3 Å². The quantitative estimate of drug-likeness (QED) is 0.821. The first-order chi connectivity index (χ1) is 8.40. The van der Waals surface area contributed by atoms with E-state index in [-0.39, 0.29) is 0 Å². The molecule has 0 aliphatic carbocycles. The Labute approximate surface area is 106 Å². The fourth-order valence-electron chi connectivity index (χ4n) is 1.56. The summed E-state index contributed by atoms with van der Waals surface area (Å²) in [7, 11) is 1.98. The molecule has 0 radical (unpaired) electrons. The van der Waals surface area contributed by atoms with Crippen LogP contribution in [-0.4, -0.2) is 22.8 Å². The van der Waals surface area contributed by atoms with E-state index in [9.17, 15) is 0 Å². The molecule has 1 unspecified atom stereocenters. The number of rotatable bonds is 5. The van der Waals surface area contributed by atoms with Crippen LogP contribution in [0.1, 0.15) is 11.6 Å². The van der Waals surface area contributed by atoms with E-state index >= 15 is 0 Å². The second-order valence-electron chi connectivity index (χ2n) is 3.61. The SMILES string of the molecule is CNC(CSc1cnccn1)c1ccccc1. The van der Waals surface area contributed by atoms with Gasteiger partial charge in [-0.15, -0.1) is 11.8 Å². The molecule has 2 rings (SSSR count). The summed E-state index contributed by atoms with van der Waals surface area (Å²) in [5.41, 5.74) is 1.30. The van der Waals surface area contributed by atoms with Gasteiger partial charge in [-0.25, -0.2) is 4.98 Å². The summed E-state index contributed by atoms with van der Waals surface area (Å²) in [6, 6.07) is 10.8. The highest BCUT2D eigenvalue weighted by Crippen LogP contribution is 2.22. The third-order valence-corrected chi connectivity index (χ3v) is 3.49. The minimum Gasteiger partial charge on any atom is -0.312 e. The van der Waals surface area contributed by atoms with E-state index in [1.54, 1.807) is 30.4 Å². The number of benzene rings is 1. The van der Waals surface area contributed by atoms with Crippen LogP contribution < -0.4 is 5.32 Å². The number of hydrogen-bond donors (Lipinski definition) is 1. The molecule has 0 aliphatic rings. The molecule has 4 heteroatoms. The number of nitrogens with zero attached hydrogens (tertiary/aromatic N) is 2. The van der Waals surface area contributed by atoms with Gasteiger partial charge >= 0.3 is 0 Å². The van der Waals surface area contributed by atoms with Gasteiger partial charge in [0.15, 0.2) is 0 Å². The Bertz CT molecular complexity index is 433. The maximum Gasteiger partial charge on any atom is 0.114 e. The van der Waals surface area contributed by atoms with Crippen LogP contribution in [0.5, 0.6) is 0 Å². The third-order valence-electron chi connectivity index (χ3n) is 2.49. The van der Waals surface area contributed by atoms with Crippen molar-refractivity contribution in [3.63, 3.8) is 0 Å². The fourth-order valence-corrected chi connectivity index (χ4v) is 2.53. The smallest absolute Gasteiger partial charge is 0.114 e. The van der Waals surface area contributed by atoms with Crippen molar-refractivity contribution >= 4 is 11.8 Å². The predicted molar refractivity (Wildman–Crippen MR) is 71.0 cm³/mol. The number of aromatic nitrogens is 2. The molecule has 0 bridgehead atoms. The highest BCUT2D eigenvalue weighted by molar-refractivity contribution is 7.99. The van der Waals surface area contributed by atoms with Crippen molar-refractivity contribution in [3.05, 3.63) is 54.5 Å². The van der Waals surface area contributed by atoms with Crippen LogP contribution in [0.15, 0.2) is 53.9 Å². The van der Waals surface area contributed by atoms with Crippen LogP contribution in [0, 0.1) is 0 Å². The summed E-state index contributed by atoms with van der Waals surface area (Å²) in [4.78, 5) is 8.31. The van der Waals surface area contributed by atoms with Crippen LogP contribution in [-0.2, 0) is 0 Å². The Morgan fingerprint density at radius 2 is 2.06 bits per heavy atom. The number of thioether (sulfide) groups is 1. The molecule has 0 fully saturated rings. The Morgan fingerprint density at radius 3 is 2.71 bits per heavy atom. The van der Waals surface area contributed by atoms with Crippen molar-refractivity contribution in [1.82, 2.24) is 15.3 Å². The zero-order valence-corrected chi connectivity index (χ0v) is 10.5. The molecule has 0 amide bonds. The van der Waals surface area contributed by atoms with Crippen LogP contribution in [0.3, 0.4) is 0 Å². The molecule has 1 N–H and O–H groups in total. The van der Waals surface area contributed by atoms with Gasteiger partial charge in [-0.2, -0.15) is 0 Å². The zero-order valence-electron chi connectivity index (χ0n) is 9.71. The van der Waals surface area contributed by atoms with Crippen LogP contribution in [0.4, 0.5) is 0 Å². The predicted octanol–water partition coefficient (Wildman–Crippen LogP) is 2.53. The molecule has 1 heterocycles. The van der Waals surface area contributed by atoms with Crippen molar-refractivity contribution in [1.29, 1.82) is 0 Å². The topological polar surface area (TPSA) is 37.8 Å². The molecule has 0 saturated heterocycles. The molecule has 1 aromatic carbocycles. The molecule has 2 aromatic rings. The van der Waals surface area contributed by atoms with E-state index in [1.807, 2.05) is 13.1 Å². The lowest BCUT2D eigenvalue weighted by molar-refractivity contribution is 0.661. The van der Waals surface area contributed by atoms with Gasteiger partial charge in [-0.05, 0) is 12.6 Å². The lowest BCUT2D eigenvalue weighted by atomic mass is 10.1. The van der Waals surface area contributed by atoms with Crippen molar-refractivity contribution in [3.8, 4) is 0 Å². The highest BCUT2D eigenvalue weighted by Gasteiger charge is 2.09. The molecular formula is C13H15N3S. The Hall–Kier alpha value is -1.39. The lowest BCUT2D eigenvalue weighted by Crippen LogP contribution is -2.18. The lowest BCUT2D eigenvalue weighted by Gasteiger charge is -2.15. The molecule has 0 spiro atoms. The van der Waals surface area contributed by atoms with Gasteiger partial charge in [-0.3, -0.25) is 4.98 Å². The van der Waals surface area contributed by atoms with Gasteiger partial charge in [0, 0.05) is 24.2 Å². The van der Waals surface area contributed by atoms with Crippen LogP contribution in [0.25, 0.3) is 0 Å². The molecule has 3 nitrogen and oxygen atoms in total. The Kier molecular flexibility index (Phi) is 4.53. The van der Waals surface area contributed by atoms with Gasteiger partial charge in [0.25, 0.3) is 0 Å². The molecule has 0 aliphatic heterocycles. The van der Waals surface area contributed by atoms with Crippen molar-refractivity contribution < 1.29 is 0 Å². The van der Waals surface area contributed by atoms with Crippen molar-refractivity contribution in [2.24, 2.45) is 0 Å². The first kappa shape index (κ1) is 12.1. The number of hydrogen-bond acceptors (Lipinski definition) is 4. The van der Waals surface area contributed by atoms with Gasteiger partial charge in [0.05, 0.1) is 6.20 Å². The minimum atomic E-state index is 0.336. The molecular weight excluding hydrogens is 230 g/mol. The third kappa shape index (κ3) is 3.54. The molecule has 17 heavy (non-hydrogen) atoms. The van der Waals surface area contributed by atoms with Gasteiger partial charge < -0.3 is 5.32 Å². The minimum absolute atomic E-state index is 0.336. The summed E-state index contributed by atoms with van der Waals surface area (Å²) in [5.74, 6) is 0.944. The molecule has 1 atom stereocenters. The second kappa shape index (κ2) is 6.37. The summed E-state index contributed by atoms with van der Waals surface area (Å²) in [6.07, 6.45) is 5.21. The molecule has 88 valence electrons. The average Bonchev–Trinajstić information content (AvgIpc) is 2.42. The molecule has 1 aromatic heterocycles. The van der Waals surface area contributed by atoms with Crippen molar-refractivity contribution in [2.75, 3.05) is 12.8 Å². The van der Waals surface area contributed by atoms with Crippen LogP contribution >= 0.6 is 11.8 Å². The van der Waals surface area contributed by atoms with E-state index in [2.05, 4.69) is 39.6 Å². The van der Waals surface area contributed by atoms with Crippen molar-refractivity contribution in [2.45, 2.75) is 11.1 Å². The summed E-state index contributed by atoms with van der Waals surface area (Å²) < 4.78 is 0. The maximum atomic E-state index is 4.25. The molecule has 0 saturated carbocycles. The summed E-state index contributed by atoms with van der Waals surface area (Å²) in [5, 5.41) is 4.28. The fraction of sp³-hybridized carbons (Fsp3) is 0.231. The van der Waals surface area contributed by atoms with Gasteiger partial charge in [0.2, 0.25) is 0 Å². The standard InChI is InChI=1S/C13H15N3S/c1-14-12(11-5-3-2-4-6-11)10-17-13-9-15-7-8-16-13/h2-9,12,14H,10H2,1H3. The maximum absolute atomic E-state index is 4.25. The monoisotopic (exact) mass is 245 g/mol. The van der Waals surface area contributed by atoms with E-state index in [4.69, 9.17) is 0 Å². The largest absolute Gasteiger partial charge is 0.312 e. The zero-order chi connectivity index (χ0) is 11.9. The Balaban J connectivity index is 1.97. The summed E-state index contributed by atoms with van der Waals surface area (Å²) in [6.45, 7) is 0. The van der Waals surface area contributed by atoms with Crippen LogP contribution in [0.2, 0.25) is 0 Å². The van der Waals surface area contributed by atoms with E-state index < -0.39 is 0 Å². The summed E-state index contributed by atoms with van der Waals surface area (Å²) >= 11 is 1.71. The van der Waals surface area contributed by atoms with E-state index in [0.717, 1.165) is 10.8 Å². The van der Waals surface area contributed by atoms with E-state index in [1.165, 1.54) is 5.56 Å². The first-order valence-electron chi connectivity index (χ1n) is 5.51. The Morgan fingerprint density at radius 1 is 1.24 bits per heavy atom. The number of nitrogens with one attached hydrogen (secondary N) is 1. The average molecular weight is 245 g/mol. The second-order valence-corrected chi connectivity index (χ2v) is 4.65. The highest BCUT2D eigenvalue weighted by atomic mass is 32.2. The normalized spacial score (nSPS) is 12.3. The van der Waals surface area contributed by atoms with Gasteiger partial charge in [0.1, 0.15) is 5.03 Å². The first-order valence-corrected chi connectivity index (χ1v) is 6.49.